The van der Waals surface area contributed by atoms with Crippen molar-refractivity contribution >= 4 is 0 Å². The SMILES string of the molecule is CCc1cc(-c2ccc(OC)cc2)ncn1. The predicted molar refractivity (Wildman–Crippen MR) is 63.4 cm³/mol. The highest BCUT2D eigenvalue weighted by Gasteiger charge is 2.01. The van der Waals surface area contributed by atoms with E-state index in [0.717, 1.165) is 29.1 Å². The van der Waals surface area contributed by atoms with Gasteiger partial charge in [0.25, 0.3) is 0 Å². The standard InChI is InChI=1S/C13H14N2O/c1-3-11-8-13(15-9-14-11)10-4-6-12(16-2)7-5-10/h4-9H,3H2,1-2H3. The molecule has 0 aliphatic rings. The number of ether oxygens (including phenoxy) is 1. The lowest BCUT2D eigenvalue weighted by molar-refractivity contribution is 0.415. The molecule has 0 spiro atoms. The topological polar surface area (TPSA) is 35.0 Å². The first kappa shape index (κ1) is 10.6. The lowest BCUT2D eigenvalue weighted by atomic mass is 10.1. The van der Waals surface area contributed by atoms with E-state index in [9.17, 15) is 0 Å². The third kappa shape index (κ3) is 2.19. The number of methoxy groups -OCH3 is 1. The fraction of sp³-hybridized carbons (Fsp3) is 0.231. The minimum atomic E-state index is 0.855. The van der Waals surface area contributed by atoms with Gasteiger partial charge in [-0.3, -0.25) is 0 Å². The molecule has 3 nitrogen and oxygen atoms in total. The van der Waals surface area contributed by atoms with E-state index in [-0.39, 0.29) is 0 Å². The fourth-order valence-electron chi connectivity index (χ4n) is 1.51. The van der Waals surface area contributed by atoms with Crippen LogP contribution in [0, 0.1) is 0 Å². The zero-order valence-corrected chi connectivity index (χ0v) is 9.47. The van der Waals surface area contributed by atoms with Crippen molar-refractivity contribution in [3.63, 3.8) is 0 Å². The summed E-state index contributed by atoms with van der Waals surface area (Å²) in [7, 11) is 1.66. The Balaban J connectivity index is 2.34. The van der Waals surface area contributed by atoms with E-state index in [1.54, 1.807) is 13.4 Å². The molecule has 1 heterocycles. The molecule has 0 radical (unpaired) electrons. The van der Waals surface area contributed by atoms with E-state index >= 15 is 0 Å². The van der Waals surface area contributed by atoms with Gasteiger partial charge in [0.1, 0.15) is 12.1 Å². The Morgan fingerprint density at radius 2 is 1.88 bits per heavy atom. The van der Waals surface area contributed by atoms with Crippen LogP contribution in [-0.2, 0) is 6.42 Å². The van der Waals surface area contributed by atoms with E-state index in [4.69, 9.17) is 4.74 Å². The van der Waals surface area contributed by atoms with Gasteiger partial charge in [-0.25, -0.2) is 9.97 Å². The summed E-state index contributed by atoms with van der Waals surface area (Å²) >= 11 is 0. The van der Waals surface area contributed by atoms with E-state index in [0.29, 0.717) is 0 Å². The summed E-state index contributed by atoms with van der Waals surface area (Å²) in [5.74, 6) is 0.855. The second kappa shape index (κ2) is 4.75. The summed E-state index contributed by atoms with van der Waals surface area (Å²) in [6, 6.07) is 9.88. The highest BCUT2D eigenvalue weighted by Crippen LogP contribution is 2.20. The molecule has 0 fully saturated rings. The van der Waals surface area contributed by atoms with Gasteiger partial charge in [-0.2, -0.15) is 0 Å². The monoisotopic (exact) mass is 214 g/mol. The Morgan fingerprint density at radius 1 is 1.12 bits per heavy atom. The smallest absolute Gasteiger partial charge is 0.118 e. The average molecular weight is 214 g/mol. The van der Waals surface area contributed by atoms with Gasteiger partial charge in [-0.05, 0) is 36.8 Å². The minimum absolute atomic E-state index is 0.855. The molecule has 0 aliphatic carbocycles. The number of aryl methyl sites for hydroxylation is 1. The molecule has 0 N–H and O–H groups in total. The molecule has 0 atom stereocenters. The molecule has 2 rings (SSSR count). The van der Waals surface area contributed by atoms with Crippen LogP contribution in [0.2, 0.25) is 0 Å². The van der Waals surface area contributed by atoms with Crippen LogP contribution >= 0.6 is 0 Å². The molecule has 0 saturated heterocycles. The highest BCUT2D eigenvalue weighted by atomic mass is 16.5. The molecule has 2 aromatic rings. The minimum Gasteiger partial charge on any atom is -0.497 e. The maximum absolute atomic E-state index is 5.12. The molecule has 16 heavy (non-hydrogen) atoms. The first-order valence-corrected chi connectivity index (χ1v) is 5.29. The maximum Gasteiger partial charge on any atom is 0.118 e. The molecular weight excluding hydrogens is 200 g/mol. The van der Waals surface area contributed by atoms with Crippen molar-refractivity contribution in [2.24, 2.45) is 0 Å². The predicted octanol–water partition coefficient (Wildman–Crippen LogP) is 2.71. The second-order valence-electron chi connectivity index (χ2n) is 3.48. The van der Waals surface area contributed by atoms with E-state index in [1.165, 1.54) is 0 Å². The number of aromatic nitrogens is 2. The van der Waals surface area contributed by atoms with Gasteiger partial charge in [-0.15, -0.1) is 0 Å². The third-order valence-electron chi connectivity index (χ3n) is 2.47. The van der Waals surface area contributed by atoms with Crippen molar-refractivity contribution in [2.75, 3.05) is 7.11 Å². The van der Waals surface area contributed by atoms with Crippen LogP contribution in [0.1, 0.15) is 12.6 Å². The normalized spacial score (nSPS) is 10.1. The summed E-state index contributed by atoms with van der Waals surface area (Å²) < 4.78 is 5.12. The van der Waals surface area contributed by atoms with Crippen molar-refractivity contribution in [3.8, 4) is 17.0 Å². The number of nitrogens with zero attached hydrogens (tertiary/aromatic N) is 2. The average Bonchev–Trinajstić information content (AvgIpc) is 2.39. The van der Waals surface area contributed by atoms with E-state index in [1.807, 2.05) is 30.3 Å². The zero-order chi connectivity index (χ0) is 11.4. The van der Waals surface area contributed by atoms with Gasteiger partial charge >= 0.3 is 0 Å². The third-order valence-corrected chi connectivity index (χ3v) is 2.47. The molecule has 82 valence electrons. The largest absolute Gasteiger partial charge is 0.497 e. The molecule has 0 aliphatic heterocycles. The van der Waals surface area contributed by atoms with Gasteiger partial charge in [0, 0.05) is 11.3 Å². The summed E-state index contributed by atoms with van der Waals surface area (Å²) in [6.45, 7) is 2.08. The van der Waals surface area contributed by atoms with Crippen molar-refractivity contribution in [2.45, 2.75) is 13.3 Å². The fourth-order valence-corrected chi connectivity index (χ4v) is 1.51. The van der Waals surface area contributed by atoms with Gasteiger partial charge in [0.05, 0.1) is 12.8 Å². The summed E-state index contributed by atoms with van der Waals surface area (Å²) in [5.41, 5.74) is 3.09. The van der Waals surface area contributed by atoms with Gasteiger partial charge in [0.2, 0.25) is 0 Å². The van der Waals surface area contributed by atoms with Gasteiger partial charge in [-0.1, -0.05) is 6.92 Å². The number of benzene rings is 1. The molecule has 0 unspecified atom stereocenters. The van der Waals surface area contributed by atoms with Crippen LogP contribution in [0.3, 0.4) is 0 Å². The van der Waals surface area contributed by atoms with Crippen LogP contribution < -0.4 is 4.74 Å². The second-order valence-corrected chi connectivity index (χ2v) is 3.48. The van der Waals surface area contributed by atoms with Crippen molar-refractivity contribution in [3.05, 3.63) is 42.4 Å². The van der Waals surface area contributed by atoms with Crippen LogP contribution in [0.15, 0.2) is 36.7 Å². The molecule has 3 heteroatoms. The Bertz CT molecular complexity index is 466. The molecule has 1 aromatic heterocycles. The molecular formula is C13H14N2O. The Labute approximate surface area is 95.1 Å². The van der Waals surface area contributed by atoms with Crippen LogP contribution in [0.4, 0.5) is 0 Å². The molecule has 0 bridgehead atoms. The first-order valence-electron chi connectivity index (χ1n) is 5.29. The Hall–Kier alpha value is -1.90. The van der Waals surface area contributed by atoms with Gasteiger partial charge < -0.3 is 4.74 Å². The number of hydrogen-bond acceptors (Lipinski definition) is 3. The number of hydrogen-bond donors (Lipinski definition) is 0. The van der Waals surface area contributed by atoms with Crippen molar-refractivity contribution in [1.82, 2.24) is 9.97 Å². The van der Waals surface area contributed by atoms with Crippen LogP contribution in [0.5, 0.6) is 5.75 Å². The van der Waals surface area contributed by atoms with Crippen LogP contribution in [-0.4, -0.2) is 17.1 Å². The maximum atomic E-state index is 5.12. The lowest BCUT2D eigenvalue weighted by Gasteiger charge is -2.03. The van der Waals surface area contributed by atoms with E-state index in [2.05, 4.69) is 16.9 Å². The van der Waals surface area contributed by atoms with Crippen molar-refractivity contribution < 1.29 is 4.74 Å². The lowest BCUT2D eigenvalue weighted by Crippen LogP contribution is -1.91. The summed E-state index contributed by atoms with van der Waals surface area (Å²) in [4.78, 5) is 8.44. The molecule has 1 aromatic carbocycles. The summed E-state index contributed by atoms with van der Waals surface area (Å²) in [6.07, 6.45) is 2.53. The zero-order valence-electron chi connectivity index (χ0n) is 9.47. The molecule has 0 saturated carbocycles. The quantitative estimate of drug-likeness (QED) is 0.788. The summed E-state index contributed by atoms with van der Waals surface area (Å²) in [5, 5.41) is 0. The van der Waals surface area contributed by atoms with Crippen molar-refractivity contribution in [1.29, 1.82) is 0 Å². The van der Waals surface area contributed by atoms with Gasteiger partial charge in [0.15, 0.2) is 0 Å². The highest BCUT2D eigenvalue weighted by molar-refractivity contribution is 5.60. The Kier molecular flexibility index (Phi) is 3.15. The Morgan fingerprint density at radius 3 is 2.50 bits per heavy atom. The number of rotatable bonds is 3. The van der Waals surface area contributed by atoms with E-state index < -0.39 is 0 Å². The van der Waals surface area contributed by atoms with Crippen LogP contribution in [0.25, 0.3) is 11.3 Å². The molecule has 0 amide bonds. The first-order chi connectivity index (χ1) is 7.83.